The molecule has 2 N–H and O–H groups in total. The quantitative estimate of drug-likeness (QED) is 0.795. The molecule has 0 amide bonds. The van der Waals surface area contributed by atoms with Gasteiger partial charge < -0.3 is 5.11 Å². The second kappa shape index (κ2) is 6.86. The van der Waals surface area contributed by atoms with E-state index in [0.29, 0.717) is 6.61 Å². The maximum Gasteiger partial charge on any atom is 0.342 e. The molecule has 0 bridgehead atoms. The van der Waals surface area contributed by atoms with Crippen LogP contribution in [-0.2, 0) is 4.84 Å². The van der Waals surface area contributed by atoms with E-state index in [1.54, 1.807) is 0 Å². The second-order valence-electron chi connectivity index (χ2n) is 4.67. The smallest absolute Gasteiger partial charge is 0.342 e. The van der Waals surface area contributed by atoms with E-state index < -0.39 is 17.1 Å². The van der Waals surface area contributed by atoms with Crippen LogP contribution in [0, 0.1) is 6.92 Å². The van der Waals surface area contributed by atoms with Crippen molar-refractivity contribution in [2.75, 3.05) is 11.7 Å². The number of aromatic nitrogens is 2. The lowest BCUT2D eigenvalue weighted by Gasteiger charge is -2.23. The summed E-state index contributed by atoms with van der Waals surface area (Å²) in [6, 6.07) is 7.46. The van der Waals surface area contributed by atoms with Gasteiger partial charge >= 0.3 is 5.97 Å². The summed E-state index contributed by atoms with van der Waals surface area (Å²) >= 11 is 0. The molecule has 0 unspecified atom stereocenters. The Bertz CT molecular complexity index is 727. The van der Waals surface area contributed by atoms with Crippen LogP contribution in [0.4, 0.5) is 11.6 Å². The summed E-state index contributed by atoms with van der Waals surface area (Å²) in [5.74, 6) is -1.19. The molecule has 7 heteroatoms. The molecule has 0 aliphatic carbocycles. The molecule has 116 valence electrons. The highest BCUT2D eigenvalue weighted by atomic mass is 16.7. The number of hydrogen-bond acceptors (Lipinski definition) is 5. The first-order valence-electron chi connectivity index (χ1n) is 6.86. The van der Waals surface area contributed by atoms with Gasteiger partial charge in [0.1, 0.15) is 5.56 Å². The summed E-state index contributed by atoms with van der Waals surface area (Å²) in [5, 5.41) is 10.3. The lowest BCUT2D eigenvalue weighted by molar-refractivity contribution is 0.0694. The molecule has 22 heavy (non-hydrogen) atoms. The lowest BCUT2D eigenvalue weighted by atomic mass is 10.2. The van der Waals surface area contributed by atoms with Crippen LogP contribution in [0.1, 0.15) is 29.3 Å². The first kappa shape index (κ1) is 15.7. The number of hydrogen-bond donors (Lipinski definition) is 2. The highest BCUT2D eigenvalue weighted by Gasteiger charge is 2.17. The molecule has 1 aromatic carbocycles. The molecule has 0 spiro atoms. The molecule has 0 saturated carbocycles. The Morgan fingerprint density at radius 3 is 2.73 bits per heavy atom. The maximum atomic E-state index is 11.8. The third kappa shape index (κ3) is 3.32. The molecule has 0 fully saturated rings. The number of carboxylic acid groups (broad SMARTS) is 1. The predicted molar refractivity (Wildman–Crippen MR) is 81.4 cm³/mol. The number of aromatic carboxylic acids is 1. The molecule has 0 radical (unpaired) electrons. The topological polar surface area (TPSA) is 95.5 Å². The maximum absolute atomic E-state index is 11.8. The lowest BCUT2D eigenvalue weighted by Crippen LogP contribution is -2.26. The first-order valence-corrected chi connectivity index (χ1v) is 6.86. The third-order valence-corrected chi connectivity index (χ3v) is 2.97. The van der Waals surface area contributed by atoms with E-state index in [1.165, 1.54) is 5.06 Å². The zero-order valence-electron chi connectivity index (χ0n) is 12.4. The van der Waals surface area contributed by atoms with Crippen LogP contribution in [0.2, 0.25) is 0 Å². The average molecular weight is 303 g/mol. The second-order valence-corrected chi connectivity index (χ2v) is 4.67. The Morgan fingerprint density at radius 1 is 1.41 bits per heavy atom. The Balaban J connectivity index is 2.46. The van der Waals surface area contributed by atoms with Gasteiger partial charge in [0.25, 0.3) is 5.56 Å². The molecular weight excluding hydrogens is 286 g/mol. The Kier molecular flexibility index (Phi) is 4.90. The highest BCUT2D eigenvalue weighted by molar-refractivity contribution is 5.86. The van der Waals surface area contributed by atoms with Crippen molar-refractivity contribution in [2.24, 2.45) is 0 Å². The van der Waals surface area contributed by atoms with Crippen LogP contribution in [0.25, 0.3) is 0 Å². The summed E-state index contributed by atoms with van der Waals surface area (Å²) < 4.78 is 0. The molecule has 2 aromatic rings. The zero-order chi connectivity index (χ0) is 16.1. The van der Waals surface area contributed by atoms with Crippen LogP contribution < -0.4 is 10.6 Å². The summed E-state index contributed by atoms with van der Waals surface area (Å²) in [6.45, 7) is 4.29. The van der Waals surface area contributed by atoms with E-state index in [4.69, 9.17) is 9.94 Å². The van der Waals surface area contributed by atoms with E-state index in [9.17, 15) is 9.59 Å². The van der Waals surface area contributed by atoms with E-state index in [-0.39, 0.29) is 5.95 Å². The first-order chi connectivity index (χ1) is 10.5. The standard InChI is InChI=1S/C15H17N3O4/c1-3-8-22-18(12-7-5-4-6-10(12)2)15-16-9-11(14(20)21)13(19)17-15/h4-7,9H,3,8H2,1-2H3,(H,20,21)(H,16,17,19). The SMILES string of the molecule is CCCON(c1ncc(C(=O)O)c(=O)[nH]1)c1ccccc1C. The Labute approximate surface area is 127 Å². The van der Waals surface area contributed by atoms with Gasteiger partial charge in [0, 0.05) is 0 Å². The number of para-hydroxylation sites is 1. The number of H-pyrrole nitrogens is 1. The monoisotopic (exact) mass is 303 g/mol. The summed E-state index contributed by atoms with van der Waals surface area (Å²) in [4.78, 5) is 34.8. The molecule has 0 atom stereocenters. The average Bonchev–Trinajstić information content (AvgIpc) is 2.49. The van der Waals surface area contributed by atoms with E-state index in [2.05, 4.69) is 9.97 Å². The van der Waals surface area contributed by atoms with Crippen molar-refractivity contribution in [3.63, 3.8) is 0 Å². The van der Waals surface area contributed by atoms with Crippen LogP contribution in [-0.4, -0.2) is 27.7 Å². The number of nitrogens with one attached hydrogen (secondary N) is 1. The third-order valence-electron chi connectivity index (χ3n) is 2.97. The van der Waals surface area contributed by atoms with E-state index >= 15 is 0 Å². The highest BCUT2D eigenvalue weighted by Crippen LogP contribution is 2.25. The van der Waals surface area contributed by atoms with E-state index in [1.807, 2.05) is 38.1 Å². The van der Waals surface area contributed by atoms with Crippen molar-refractivity contribution in [1.82, 2.24) is 9.97 Å². The molecular formula is C15H17N3O4. The molecule has 2 rings (SSSR count). The Morgan fingerprint density at radius 2 is 2.14 bits per heavy atom. The van der Waals surface area contributed by atoms with Crippen molar-refractivity contribution < 1.29 is 14.7 Å². The largest absolute Gasteiger partial charge is 0.477 e. The number of anilines is 2. The number of aromatic amines is 1. The predicted octanol–water partition coefficient (Wildman–Crippen LogP) is 2.26. The Hall–Kier alpha value is -2.67. The molecule has 0 aliphatic heterocycles. The van der Waals surface area contributed by atoms with E-state index in [0.717, 1.165) is 23.9 Å². The van der Waals surface area contributed by atoms with Crippen molar-refractivity contribution in [3.8, 4) is 0 Å². The normalized spacial score (nSPS) is 10.5. The van der Waals surface area contributed by atoms with Gasteiger partial charge in [-0.15, -0.1) is 0 Å². The van der Waals surface area contributed by atoms with Gasteiger partial charge in [0.15, 0.2) is 0 Å². The van der Waals surface area contributed by atoms with Crippen LogP contribution in [0.3, 0.4) is 0 Å². The van der Waals surface area contributed by atoms with Crippen LogP contribution in [0.5, 0.6) is 0 Å². The fraction of sp³-hybridized carbons (Fsp3) is 0.267. The minimum absolute atomic E-state index is 0.137. The van der Waals surface area contributed by atoms with Crippen LogP contribution in [0.15, 0.2) is 35.3 Å². The van der Waals surface area contributed by atoms with Gasteiger partial charge in [-0.05, 0) is 25.0 Å². The molecule has 0 saturated heterocycles. The molecule has 0 aliphatic rings. The fourth-order valence-electron chi connectivity index (χ4n) is 1.86. The van der Waals surface area contributed by atoms with Crippen molar-refractivity contribution in [1.29, 1.82) is 0 Å². The number of benzene rings is 1. The van der Waals surface area contributed by atoms with Gasteiger partial charge in [0.2, 0.25) is 5.95 Å². The van der Waals surface area contributed by atoms with Crippen molar-refractivity contribution in [3.05, 3.63) is 51.9 Å². The number of rotatable bonds is 6. The van der Waals surface area contributed by atoms with Gasteiger partial charge in [-0.3, -0.25) is 14.6 Å². The number of nitrogens with zero attached hydrogens (tertiary/aromatic N) is 2. The fourth-order valence-corrected chi connectivity index (χ4v) is 1.86. The zero-order valence-corrected chi connectivity index (χ0v) is 12.4. The molecule has 7 nitrogen and oxygen atoms in total. The summed E-state index contributed by atoms with van der Waals surface area (Å²) in [7, 11) is 0. The number of aryl methyl sites for hydroxylation is 1. The van der Waals surface area contributed by atoms with Gasteiger partial charge in [-0.25, -0.2) is 9.78 Å². The summed E-state index contributed by atoms with van der Waals surface area (Å²) in [5.41, 5.74) is 0.519. The van der Waals surface area contributed by atoms with Gasteiger partial charge in [0.05, 0.1) is 18.5 Å². The minimum atomic E-state index is -1.32. The molecule has 1 aromatic heterocycles. The summed E-state index contributed by atoms with van der Waals surface area (Å²) in [6.07, 6.45) is 1.80. The van der Waals surface area contributed by atoms with Crippen LogP contribution >= 0.6 is 0 Å². The minimum Gasteiger partial charge on any atom is -0.477 e. The van der Waals surface area contributed by atoms with Crippen molar-refractivity contribution in [2.45, 2.75) is 20.3 Å². The molecule has 1 heterocycles. The van der Waals surface area contributed by atoms with Crippen molar-refractivity contribution >= 4 is 17.6 Å². The van der Waals surface area contributed by atoms with Gasteiger partial charge in [-0.2, -0.15) is 5.06 Å². The number of carbonyl (C=O) groups is 1. The van der Waals surface area contributed by atoms with Gasteiger partial charge in [-0.1, -0.05) is 25.1 Å². The number of carboxylic acids is 1.